The molecular formula is C11H8ClF3N4O. The van der Waals surface area contributed by atoms with E-state index in [0.29, 0.717) is 0 Å². The first-order chi connectivity index (χ1) is 9.29. The maximum absolute atomic E-state index is 12.7. The van der Waals surface area contributed by atoms with Crippen LogP contribution in [0.15, 0.2) is 24.5 Å². The molecule has 1 N–H and O–H groups in total. The molecule has 0 fully saturated rings. The largest absolute Gasteiger partial charge is 0.435 e. The van der Waals surface area contributed by atoms with Gasteiger partial charge in [-0.3, -0.25) is 9.48 Å². The van der Waals surface area contributed by atoms with Crippen LogP contribution in [0.3, 0.4) is 0 Å². The van der Waals surface area contributed by atoms with Gasteiger partial charge in [0.2, 0.25) is 0 Å². The highest BCUT2D eigenvalue weighted by atomic mass is 35.5. The number of anilines is 1. The molecule has 0 aliphatic carbocycles. The maximum Gasteiger partial charge on any atom is 0.435 e. The van der Waals surface area contributed by atoms with Gasteiger partial charge in [-0.2, -0.15) is 18.3 Å². The van der Waals surface area contributed by atoms with Crippen molar-refractivity contribution < 1.29 is 18.0 Å². The SMILES string of the molecule is Cn1cc(C(=O)Nc2cccnc2Cl)c(C(F)(F)F)n1. The molecule has 106 valence electrons. The van der Waals surface area contributed by atoms with Gasteiger partial charge in [0, 0.05) is 19.4 Å². The molecule has 0 bridgehead atoms. The van der Waals surface area contributed by atoms with E-state index in [1.807, 2.05) is 0 Å². The average molecular weight is 305 g/mol. The Morgan fingerprint density at radius 3 is 2.75 bits per heavy atom. The lowest BCUT2D eigenvalue weighted by Crippen LogP contribution is -2.18. The number of carbonyl (C=O) groups excluding carboxylic acids is 1. The normalized spacial score (nSPS) is 11.4. The molecule has 2 rings (SSSR count). The summed E-state index contributed by atoms with van der Waals surface area (Å²) in [4.78, 5) is 15.6. The summed E-state index contributed by atoms with van der Waals surface area (Å²) < 4.78 is 39.2. The molecule has 5 nitrogen and oxygen atoms in total. The highest BCUT2D eigenvalue weighted by Crippen LogP contribution is 2.31. The Morgan fingerprint density at radius 1 is 1.45 bits per heavy atom. The fourth-order valence-electron chi connectivity index (χ4n) is 1.53. The van der Waals surface area contributed by atoms with Gasteiger partial charge in [0.1, 0.15) is 0 Å². The van der Waals surface area contributed by atoms with Crippen molar-refractivity contribution in [2.75, 3.05) is 5.32 Å². The molecule has 0 atom stereocenters. The van der Waals surface area contributed by atoms with E-state index in [1.54, 1.807) is 0 Å². The zero-order chi connectivity index (χ0) is 14.9. The zero-order valence-corrected chi connectivity index (χ0v) is 10.8. The van der Waals surface area contributed by atoms with Crippen LogP contribution in [0.1, 0.15) is 16.1 Å². The Balaban J connectivity index is 2.33. The van der Waals surface area contributed by atoms with Gasteiger partial charge >= 0.3 is 6.18 Å². The van der Waals surface area contributed by atoms with Crippen molar-refractivity contribution in [3.63, 3.8) is 0 Å². The summed E-state index contributed by atoms with van der Waals surface area (Å²) in [5.74, 6) is -0.958. The first-order valence-electron chi connectivity index (χ1n) is 5.31. The minimum atomic E-state index is -4.72. The van der Waals surface area contributed by atoms with Gasteiger partial charge < -0.3 is 5.32 Å². The highest BCUT2D eigenvalue weighted by Gasteiger charge is 2.39. The summed E-state index contributed by atoms with van der Waals surface area (Å²) in [5.41, 5.74) is -1.71. The Morgan fingerprint density at radius 2 is 2.15 bits per heavy atom. The van der Waals surface area contributed by atoms with Crippen LogP contribution in [0.2, 0.25) is 5.15 Å². The molecule has 20 heavy (non-hydrogen) atoms. The van der Waals surface area contributed by atoms with E-state index in [0.717, 1.165) is 10.9 Å². The minimum absolute atomic E-state index is 0.0155. The number of nitrogens with one attached hydrogen (secondary N) is 1. The summed E-state index contributed by atoms with van der Waals surface area (Å²) >= 11 is 5.72. The molecule has 2 aromatic rings. The topological polar surface area (TPSA) is 59.8 Å². The monoisotopic (exact) mass is 304 g/mol. The third-order valence-corrected chi connectivity index (χ3v) is 2.65. The van der Waals surface area contributed by atoms with Crippen molar-refractivity contribution in [1.29, 1.82) is 0 Å². The third-order valence-electron chi connectivity index (χ3n) is 2.35. The van der Waals surface area contributed by atoms with Gasteiger partial charge in [-0.15, -0.1) is 0 Å². The highest BCUT2D eigenvalue weighted by molar-refractivity contribution is 6.32. The summed E-state index contributed by atoms with van der Waals surface area (Å²) in [5, 5.41) is 5.50. The van der Waals surface area contributed by atoms with Crippen LogP contribution < -0.4 is 5.32 Å². The van der Waals surface area contributed by atoms with E-state index in [2.05, 4.69) is 15.4 Å². The number of rotatable bonds is 2. The van der Waals surface area contributed by atoms with E-state index < -0.39 is 23.3 Å². The molecule has 2 aromatic heterocycles. The Kier molecular flexibility index (Phi) is 3.67. The van der Waals surface area contributed by atoms with Crippen LogP contribution in [0.4, 0.5) is 18.9 Å². The molecule has 0 saturated carbocycles. The number of pyridine rings is 1. The van der Waals surface area contributed by atoms with Gasteiger partial charge in [0.15, 0.2) is 10.8 Å². The quantitative estimate of drug-likeness (QED) is 0.868. The predicted octanol–water partition coefficient (Wildman–Crippen LogP) is 2.74. The van der Waals surface area contributed by atoms with E-state index >= 15 is 0 Å². The summed E-state index contributed by atoms with van der Waals surface area (Å²) in [6, 6.07) is 2.92. The smallest absolute Gasteiger partial charge is 0.319 e. The second kappa shape index (κ2) is 5.12. The lowest BCUT2D eigenvalue weighted by Gasteiger charge is -2.07. The average Bonchev–Trinajstić information content (AvgIpc) is 2.74. The maximum atomic E-state index is 12.7. The van der Waals surface area contributed by atoms with Crippen LogP contribution in [0.5, 0.6) is 0 Å². The molecule has 1 amide bonds. The number of aromatic nitrogens is 3. The van der Waals surface area contributed by atoms with Gasteiger partial charge in [0.05, 0.1) is 11.3 Å². The van der Waals surface area contributed by atoms with Crippen molar-refractivity contribution in [3.8, 4) is 0 Å². The van der Waals surface area contributed by atoms with Crippen molar-refractivity contribution in [1.82, 2.24) is 14.8 Å². The molecule has 0 spiro atoms. The van der Waals surface area contributed by atoms with Crippen LogP contribution in [0, 0.1) is 0 Å². The van der Waals surface area contributed by atoms with Gasteiger partial charge in [-0.1, -0.05) is 11.6 Å². The predicted molar refractivity (Wildman–Crippen MR) is 65.4 cm³/mol. The number of halogens is 4. The second-order valence-corrected chi connectivity index (χ2v) is 4.22. The number of hydrogen-bond acceptors (Lipinski definition) is 3. The summed E-state index contributed by atoms with van der Waals surface area (Å²) in [6.45, 7) is 0. The summed E-state index contributed by atoms with van der Waals surface area (Å²) in [7, 11) is 1.29. The number of aryl methyl sites for hydroxylation is 1. The molecule has 2 heterocycles. The molecule has 0 radical (unpaired) electrons. The van der Waals surface area contributed by atoms with Crippen LogP contribution in [0.25, 0.3) is 0 Å². The van der Waals surface area contributed by atoms with Crippen molar-refractivity contribution in [2.24, 2.45) is 7.05 Å². The number of amides is 1. The Labute approximate surface area is 116 Å². The first-order valence-corrected chi connectivity index (χ1v) is 5.69. The van der Waals surface area contributed by atoms with Gasteiger partial charge in [-0.05, 0) is 12.1 Å². The fourth-order valence-corrected chi connectivity index (χ4v) is 1.70. The number of alkyl halides is 3. The molecule has 0 aliphatic rings. The van der Waals surface area contributed by atoms with E-state index in [4.69, 9.17) is 11.6 Å². The van der Waals surface area contributed by atoms with Crippen molar-refractivity contribution in [2.45, 2.75) is 6.18 Å². The number of carbonyl (C=O) groups is 1. The lowest BCUT2D eigenvalue weighted by molar-refractivity contribution is -0.141. The molecular weight excluding hydrogens is 297 g/mol. The van der Waals surface area contributed by atoms with Crippen molar-refractivity contribution >= 4 is 23.2 Å². The standard InChI is InChI=1S/C11H8ClF3N4O/c1-19-5-6(8(18-19)11(13,14)15)10(20)17-7-3-2-4-16-9(7)12/h2-5H,1H3,(H,17,20). The number of hydrogen-bond donors (Lipinski definition) is 1. The molecule has 0 aromatic carbocycles. The molecule has 0 unspecified atom stereocenters. The molecule has 0 aliphatic heterocycles. The van der Waals surface area contributed by atoms with Gasteiger partial charge in [-0.25, -0.2) is 4.98 Å². The first kappa shape index (κ1) is 14.3. The lowest BCUT2D eigenvalue weighted by atomic mass is 10.2. The summed E-state index contributed by atoms with van der Waals surface area (Å²) in [6.07, 6.45) is -2.34. The van der Waals surface area contributed by atoms with E-state index in [1.165, 1.54) is 25.4 Å². The fraction of sp³-hybridized carbons (Fsp3) is 0.182. The third kappa shape index (κ3) is 2.90. The molecule has 0 saturated heterocycles. The van der Waals surface area contributed by atoms with Crippen LogP contribution in [-0.4, -0.2) is 20.7 Å². The Hall–Kier alpha value is -2.09. The molecule has 9 heteroatoms. The van der Waals surface area contributed by atoms with E-state index in [9.17, 15) is 18.0 Å². The van der Waals surface area contributed by atoms with E-state index in [-0.39, 0.29) is 10.8 Å². The van der Waals surface area contributed by atoms with Crippen LogP contribution >= 0.6 is 11.6 Å². The van der Waals surface area contributed by atoms with Crippen molar-refractivity contribution in [3.05, 3.63) is 40.9 Å². The number of nitrogens with zero attached hydrogens (tertiary/aromatic N) is 3. The van der Waals surface area contributed by atoms with Gasteiger partial charge in [0.25, 0.3) is 5.91 Å². The second-order valence-electron chi connectivity index (χ2n) is 3.86. The zero-order valence-electron chi connectivity index (χ0n) is 10.1. The Bertz CT molecular complexity index is 653. The van der Waals surface area contributed by atoms with Crippen LogP contribution in [-0.2, 0) is 13.2 Å². The minimum Gasteiger partial charge on any atom is -0.319 e.